The van der Waals surface area contributed by atoms with Crippen molar-refractivity contribution in [1.82, 2.24) is 5.32 Å². The lowest BCUT2D eigenvalue weighted by molar-refractivity contribution is -0.126. The third kappa shape index (κ3) is 4.52. The normalized spacial score (nSPS) is 27.4. The maximum Gasteiger partial charge on any atom is 0.223 e. The molecule has 0 bridgehead atoms. The molecule has 3 nitrogen and oxygen atoms in total. The molecule has 1 unspecified atom stereocenters. The Kier molecular flexibility index (Phi) is 5.81. The number of nitrogens with two attached hydrogens (primary N) is 1. The number of carbonyl (C=O) groups excluding carboxylic acids is 1. The number of hydrogen-bond acceptors (Lipinski definition) is 2. The molecule has 1 aliphatic carbocycles. The van der Waals surface area contributed by atoms with Crippen molar-refractivity contribution >= 4 is 5.91 Å². The Labute approximate surface area is 99.2 Å². The van der Waals surface area contributed by atoms with Crippen molar-refractivity contribution in [3.05, 3.63) is 0 Å². The van der Waals surface area contributed by atoms with Gasteiger partial charge in [-0.25, -0.2) is 0 Å². The third-order valence-electron chi connectivity index (χ3n) is 3.67. The molecule has 1 rings (SSSR count). The smallest absolute Gasteiger partial charge is 0.223 e. The van der Waals surface area contributed by atoms with Crippen molar-refractivity contribution in [2.45, 2.75) is 46.0 Å². The lowest BCUT2D eigenvalue weighted by Crippen LogP contribution is -2.35. The van der Waals surface area contributed by atoms with Crippen molar-refractivity contribution in [2.24, 2.45) is 23.5 Å². The van der Waals surface area contributed by atoms with Crippen LogP contribution in [0.15, 0.2) is 0 Å². The van der Waals surface area contributed by atoms with Crippen molar-refractivity contribution in [2.75, 3.05) is 13.1 Å². The molecule has 0 saturated heterocycles. The molecular formula is C13H26N2O. The van der Waals surface area contributed by atoms with Crippen LogP contribution in [-0.2, 0) is 4.79 Å². The third-order valence-corrected chi connectivity index (χ3v) is 3.67. The van der Waals surface area contributed by atoms with Gasteiger partial charge in [-0.15, -0.1) is 0 Å². The maximum atomic E-state index is 11.9. The van der Waals surface area contributed by atoms with Gasteiger partial charge in [-0.05, 0) is 50.5 Å². The van der Waals surface area contributed by atoms with Crippen molar-refractivity contribution < 1.29 is 4.79 Å². The van der Waals surface area contributed by atoms with Gasteiger partial charge in [0.05, 0.1) is 0 Å². The largest absolute Gasteiger partial charge is 0.356 e. The second-order valence-corrected chi connectivity index (χ2v) is 5.38. The summed E-state index contributed by atoms with van der Waals surface area (Å²) < 4.78 is 0. The SMILES string of the molecule is CC1CCC(C(=O)NCC(C)CCN)CC1. The van der Waals surface area contributed by atoms with Crippen LogP contribution in [0.3, 0.4) is 0 Å². The van der Waals surface area contributed by atoms with E-state index in [0.717, 1.165) is 31.7 Å². The van der Waals surface area contributed by atoms with Crippen molar-refractivity contribution in [3.8, 4) is 0 Å². The molecular weight excluding hydrogens is 200 g/mol. The Morgan fingerprint density at radius 2 is 2.00 bits per heavy atom. The van der Waals surface area contributed by atoms with E-state index >= 15 is 0 Å². The summed E-state index contributed by atoms with van der Waals surface area (Å²) in [5.74, 6) is 1.83. The van der Waals surface area contributed by atoms with E-state index in [0.29, 0.717) is 12.5 Å². The first-order valence-electron chi connectivity index (χ1n) is 6.61. The van der Waals surface area contributed by atoms with E-state index in [4.69, 9.17) is 5.73 Å². The number of amides is 1. The first kappa shape index (κ1) is 13.5. The monoisotopic (exact) mass is 226 g/mol. The minimum atomic E-state index is 0.260. The van der Waals surface area contributed by atoms with E-state index in [-0.39, 0.29) is 11.8 Å². The molecule has 0 heterocycles. The number of hydrogen-bond donors (Lipinski definition) is 2. The van der Waals surface area contributed by atoms with Gasteiger partial charge in [0.2, 0.25) is 5.91 Å². The molecule has 1 atom stereocenters. The molecule has 0 aromatic carbocycles. The highest BCUT2D eigenvalue weighted by molar-refractivity contribution is 5.78. The lowest BCUT2D eigenvalue weighted by Gasteiger charge is -2.25. The van der Waals surface area contributed by atoms with Gasteiger partial charge in [-0.3, -0.25) is 4.79 Å². The molecule has 1 aliphatic rings. The summed E-state index contributed by atoms with van der Waals surface area (Å²) in [4.78, 5) is 11.9. The Morgan fingerprint density at radius 1 is 1.38 bits per heavy atom. The van der Waals surface area contributed by atoms with Crippen LogP contribution in [0.2, 0.25) is 0 Å². The van der Waals surface area contributed by atoms with Crippen molar-refractivity contribution in [3.63, 3.8) is 0 Å². The second kappa shape index (κ2) is 6.89. The van der Waals surface area contributed by atoms with Crippen LogP contribution in [-0.4, -0.2) is 19.0 Å². The summed E-state index contributed by atoms with van der Waals surface area (Å²) >= 11 is 0. The first-order chi connectivity index (χ1) is 7.63. The fourth-order valence-electron chi connectivity index (χ4n) is 2.33. The Balaban J connectivity index is 2.19. The molecule has 3 heteroatoms. The van der Waals surface area contributed by atoms with Crippen LogP contribution >= 0.6 is 0 Å². The molecule has 3 N–H and O–H groups in total. The van der Waals surface area contributed by atoms with Crippen LogP contribution < -0.4 is 11.1 Å². The van der Waals surface area contributed by atoms with Gasteiger partial charge in [0.1, 0.15) is 0 Å². The van der Waals surface area contributed by atoms with Crippen LogP contribution in [0.4, 0.5) is 0 Å². The quantitative estimate of drug-likeness (QED) is 0.752. The fraction of sp³-hybridized carbons (Fsp3) is 0.923. The number of rotatable bonds is 5. The second-order valence-electron chi connectivity index (χ2n) is 5.38. The Hall–Kier alpha value is -0.570. The molecule has 94 valence electrons. The Bertz CT molecular complexity index is 210. The Morgan fingerprint density at radius 3 is 2.56 bits per heavy atom. The highest BCUT2D eigenvalue weighted by Crippen LogP contribution is 2.28. The van der Waals surface area contributed by atoms with Crippen LogP contribution in [0.5, 0.6) is 0 Å². The van der Waals surface area contributed by atoms with Crippen LogP contribution in [0.1, 0.15) is 46.0 Å². The minimum absolute atomic E-state index is 0.260. The summed E-state index contributed by atoms with van der Waals surface area (Å²) in [6, 6.07) is 0. The lowest BCUT2D eigenvalue weighted by atomic mass is 9.82. The van der Waals surface area contributed by atoms with Gasteiger partial charge in [-0.2, -0.15) is 0 Å². The molecule has 0 aromatic rings. The van der Waals surface area contributed by atoms with Gasteiger partial charge in [0.25, 0.3) is 0 Å². The van der Waals surface area contributed by atoms with Crippen LogP contribution in [0, 0.1) is 17.8 Å². The van der Waals surface area contributed by atoms with Gasteiger partial charge in [-0.1, -0.05) is 13.8 Å². The van der Waals surface area contributed by atoms with E-state index in [9.17, 15) is 4.79 Å². The van der Waals surface area contributed by atoms with Gasteiger partial charge in [0.15, 0.2) is 0 Å². The van der Waals surface area contributed by atoms with Gasteiger partial charge in [0, 0.05) is 12.5 Å². The molecule has 1 amide bonds. The van der Waals surface area contributed by atoms with E-state index in [1.165, 1.54) is 12.8 Å². The van der Waals surface area contributed by atoms with E-state index in [2.05, 4.69) is 19.2 Å². The van der Waals surface area contributed by atoms with E-state index in [1.54, 1.807) is 0 Å². The number of nitrogens with one attached hydrogen (secondary N) is 1. The molecule has 1 saturated carbocycles. The van der Waals surface area contributed by atoms with E-state index in [1.807, 2.05) is 0 Å². The zero-order chi connectivity index (χ0) is 12.0. The maximum absolute atomic E-state index is 11.9. The highest BCUT2D eigenvalue weighted by Gasteiger charge is 2.24. The average Bonchev–Trinajstić information content (AvgIpc) is 2.27. The topological polar surface area (TPSA) is 55.1 Å². The molecule has 16 heavy (non-hydrogen) atoms. The average molecular weight is 226 g/mol. The predicted molar refractivity (Wildman–Crippen MR) is 67.0 cm³/mol. The summed E-state index contributed by atoms with van der Waals surface area (Å²) in [5.41, 5.74) is 5.48. The molecule has 0 aliphatic heterocycles. The van der Waals surface area contributed by atoms with Gasteiger partial charge < -0.3 is 11.1 Å². The number of carbonyl (C=O) groups is 1. The summed E-state index contributed by atoms with van der Waals surface area (Å²) in [5, 5.41) is 3.06. The highest BCUT2D eigenvalue weighted by atomic mass is 16.1. The molecule has 1 fully saturated rings. The first-order valence-corrected chi connectivity index (χ1v) is 6.61. The van der Waals surface area contributed by atoms with E-state index < -0.39 is 0 Å². The minimum Gasteiger partial charge on any atom is -0.356 e. The zero-order valence-corrected chi connectivity index (χ0v) is 10.7. The standard InChI is InChI=1S/C13H26N2O/c1-10-3-5-12(6-4-10)13(16)15-9-11(2)7-8-14/h10-12H,3-9,14H2,1-2H3,(H,15,16). The molecule has 0 aromatic heterocycles. The zero-order valence-electron chi connectivity index (χ0n) is 10.7. The van der Waals surface area contributed by atoms with Crippen molar-refractivity contribution in [1.29, 1.82) is 0 Å². The molecule has 0 radical (unpaired) electrons. The predicted octanol–water partition coefficient (Wildman–Crippen LogP) is 1.91. The molecule has 0 spiro atoms. The summed E-state index contributed by atoms with van der Waals surface area (Å²) in [7, 11) is 0. The summed E-state index contributed by atoms with van der Waals surface area (Å²) in [6.07, 6.45) is 5.53. The van der Waals surface area contributed by atoms with Gasteiger partial charge >= 0.3 is 0 Å². The van der Waals surface area contributed by atoms with Crippen LogP contribution in [0.25, 0.3) is 0 Å². The fourth-order valence-corrected chi connectivity index (χ4v) is 2.33. The summed E-state index contributed by atoms with van der Waals surface area (Å²) in [6.45, 7) is 5.90.